The van der Waals surface area contributed by atoms with Crippen LogP contribution in [-0.4, -0.2) is 43.7 Å². The van der Waals surface area contributed by atoms with E-state index in [2.05, 4.69) is 22.1 Å². The Morgan fingerprint density at radius 2 is 2.45 bits per heavy atom. The summed E-state index contributed by atoms with van der Waals surface area (Å²) < 4.78 is 11.0. The van der Waals surface area contributed by atoms with Gasteiger partial charge in [0, 0.05) is 26.7 Å². The van der Waals surface area contributed by atoms with Crippen LogP contribution in [0.3, 0.4) is 0 Å². The van der Waals surface area contributed by atoms with Gasteiger partial charge in [0.2, 0.25) is 0 Å². The van der Waals surface area contributed by atoms with E-state index in [4.69, 9.17) is 9.15 Å². The van der Waals surface area contributed by atoms with Gasteiger partial charge in [-0.25, -0.2) is 0 Å². The van der Waals surface area contributed by atoms with Crippen LogP contribution in [0, 0.1) is 0 Å². The molecule has 1 aromatic rings. The van der Waals surface area contributed by atoms with E-state index in [-0.39, 0.29) is 0 Å². The zero-order valence-corrected chi connectivity index (χ0v) is 12.5. The maximum atomic E-state index is 5.62. The van der Waals surface area contributed by atoms with Gasteiger partial charge < -0.3 is 19.4 Å². The first-order valence-corrected chi connectivity index (χ1v) is 7.43. The lowest BCUT2D eigenvalue weighted by atomic mass is 10.2. The second-order valence-electron chi connectivity index (χ2n) is 5.09. The van der Waals surface area contributed by atoms with Crippen molar-refractivity contribution in [2.75, 3.05) is 26.7 Å². The molecule has 1 aromatic heterocycles. The molecule has 1 aliphatic rings. The Hall–Kier alpha value is -1.49. The van der Waals surface area contributed by atoms with E-state index in [1.54, 1.807) is 6.26 Å². The molecule has 1 aliphatic heterocycles. The monoisotopic (exact) mass is 279 g/mol. The fourth-order valence-corrected chi connectivity index (χ4v) is 2.37. The highest BCUT2D eigenvalue weighted by molar-refractivity contribution is 5.79. The van der Waals surface area contributed by atoms with Gasteiger partial charge in [-0.1, -0.05) is 0 Å². The number of hydrogen-bond donors (Lipinski definition) is 1. The number of nitrogens with zero attached hydrogens (tertiary/aromatic N) is 2. The molecule has 0 radical (unpaired) electrons. The largest absolute Gasteiger partial charge is 0.467 e. The molecule has 1 fully saturated rings. The van der Waals surface area contributed by atoms with Crippen molar-refractivity contribution in [2.24, 2.45) is 4.99 Å². The highest BCUT2D eigenvalue weighted by atomic mass is 16.5. The van der Waals surface area contributed by atoms with Gasteiger partial charge in [0.15, 0.2) is 5.96 Å². The maximum absolute atomic E-state index is 5.62. The van der Waals surface area contributed by atoms with Gasteiger partial charge in [0.25, 0.3) is 0 Å². The number of guanidine groups is 1. The summed E-state index contributed by atoms with van der Waals surface area (Å²) in [4.78, 5) is 6.75. The second kappa shape index (κ2) is 7.94. The standard InChI is InChI=1S/C15H25N3O2/c1-3-16-15(17-9-8-13-6-4-10-19-13)18(2)12-14-7-5-11-20-14/h5,7,11,13H,3-4,6,8-10,12H2,1-2H3,(H,16,17). The first-order valence-electron chi connectivity index (χ1n) is 7.43. The second-order valence-corrected chi connectivity index (χ2v) is 5.09. The molecule has 1 unspecified atom stereocenters. The summed E-state index contributed by atoms with van der Waals surface area (Å²) in [5, 5.41) is 3.31. The molecule has 0 aromatic carbocycles. The van der Waals surface area contributed by atoms with Gasteiger partial charge in [0.1, 0.15) is 5.76 Å². The number of nitrogens with one attached hydrogen (secondary N) is 1. The Kier molecular flexibility index (Phi) is 5.92. The number of aliphatic imine (C=N–C) groups is 1. The molecule has 2 rings (SSSR count). The number of rotatable bonds is 6. The van der Waals surface area contributed by atoms with E-state index >= 15 is 0 Å². The molecule has 0 amide bonds. The van der Waals surface area contributed by atoms with Crippen LogP contribution in [-0.2, 0) is 11.3 Å². The Morgan fingerprint density at radius 3 is 3.10 bits per heavy atom. The van der Waals surface area contributed by atoms with Crippen LogP contribution in [0.1, 0.15) is 31.9 Å². The minimum atomic E-state index is 0.400. The molecule has 112 valence electrons. The molecule has 1 atom stereocenters. The van der Waals surface area contributed by atoms with E-state index in [0.29, 0.717) is 6.10 Å². The summed E-state index contributed by atoms with van der Waals surface area (Å²) in [5.41, 5.74) is 0. The van der Waals surface area contributed by atoms with Gasteiger partial charge in [-0.05, 0) is 38.3 Å². The van der Waals surface area contributed by atoms with Gasteiger partial charge in [0.05, 0.1) is 18.9 Å². The first-order chi connectivity index (χ1) is 9.79. The molecule has 1 saturated heterocycles. The zero-order valence-electron chi connectivity index (χ0n) is 12.5. The third-order valence-corrected chi connectivity index (χ3v) is 3.41. The summed E-state index contributed by atoms with van der Waals surface area (Å²) in [6, 6.07) is 3.89. The molecule has 0 aliphatic carbocycles. The zero-order chi connectivity index (χ0) is 14.2. The van der Waals surface area contributed by atoms with Gasteiger partial charge in [-0.15, -0.1) is 0 Å². The third-order valence-electron chi connectivity index (χ3n) is 3.41. The molecule has 5 nitrogen and oxygen atoms in total. The topological polar surface area (TPSA) is 50.0 Å². The van der Waals surface area contributed by atoms with Crippen molar-refractivity contribution in [3.8, 4) is 0 Å². The van der Waals surface area contributed by atoms with Crippen molar-refractivity contribution < 1.29 is 9.15 Å². The van der Waals surface area contributed by atoms with Gasteiger partial charge in [-0.3, -0.25) is 4.99 Å². The predicted molar refractivity (Wildman–Crippen MR) is 79.7 cm³/mol. The van der Waals surface area contributed by atoms with Gasteiger partial charge >= 0.3 is 0 Å². The minimum Gasteiger partial charge on any atom is -0.467 e. The number of furan rings is 1. The summed E-state index contributed by atoms with van der Waals surface area (Å²) in [7, 11) is 2.02. The van der Waals surface area contributed by atoms with Crippen LogP contribution in [0.4, 0.5) is 0 Å². The molecular formula is C15H25N3O2. The van der Waals surface area contributed by atoms with E-state index < -0.39 is 0 Å². The fraction of sp³-hybridized carbons (Fsp3) is 0.667. The quantitative estimate of drug-likeness (QED) is 0.641. The van der Waals surface area contributed by atoms with Crippen LogP contribution < -0.4 is 5.32 Å². The fourth-order valence-electron chi connectivity index (χ4n) is 2.37. The lowest BCUT2D eigenvalue weighted by Gasteiger charge is -2.21. The summed E-state index contributed by atoms with van der Waals surface area (Å²) >= 11 is 0. The van der Waals surface area contributed by atoms with Crippen molar-refractivity contribution in [1.82, 2.24) is 10.2 Å². The van der Waals surface area contributed by atoms with Crippen LogP contribution in [0.15, 0.2) is 27.8 Å². The number of hydrogen-bond acceptors (Lipinski definition) is 3. The predicted octanol–water partition coefficient (Wildman–Crippen LogP) is 2.25. The first kappa shape index (κ1) is 14.9. The van der Waals surface area contributed by atoms with Gasteiger partial charge in [-0.2, -0.15) is 0 Å². The van der Waals surface area contributed by atoms with Crippen LogP contribution in [0.2, 0.25) is 0 Å². The Morgan fingerprint density at radius 1 is 1.55 bits per heavy atom. The molecule has 0 bridgehead atoms. The molecule has 20 heavy (non-hydrogen) atoms. The molecule has 1 N–H and O–H groups in total. The maximum Gasteiger partial charge on any atom is 0.194 e. The Labute approximate surface area is 121 Å². The normalized spacial score (nSPS) is 19.3. The molecule has 0 spiro atoms. The highest BCUT2D eigenvalue weighted by Gasteiger charge is 2.15. The molecule has 5 heteroatoms. The highest BCUT2D eigenvalue weighted by Crippen LogP contribution is 2.15. The third kappa shape index (κ3) is 4.56. The summed E-state index contributed by atoms with van der Waals surface area (Å²) in [5.74, 6) is 1.86. The van der Waals surface area contributed by atoms with Crippen molar-refractivity contribution in [3.05, 3.63) is 24.2 Å². The molecule has 2 heterocycles. The van der Waals surface area contributed by atoms with Crippen molar-refractivity contribution >= 4 is 5.96 Å². The van der Waals surface area contributed by atoms with E-state index in [1.807, 2.05) is 19.2 Å². The lowest BCUT2D eigenvalue weighted by molar-refractivity contribution is 0.106. The van der Waals surface area contributed by atoms with Crippen LogP contribution in [0.25, 0.3) is 0 Å². The average Bonchev–Trinajstić information content (AvgIpc) is 3.10. The average molecular weight is 279 g/mol. The Bertz CT molecular complexity index is 397. The lowest BCUT2D eigenvalue weighted by Crippen LogP contribution is -2.38. The van der Waals surface area contributed by atoms with Crippen molar-refractivity contribution in [2.45, 2.75) is 38.8 Å². The SMILES string of the molecule is CCNC(=NCCC1CCCO1)N(C)Cc1ccco1. The van der Waals surface area contributed by atoms with E-state index in [9.17, 15) is 0 Å². The Balaban J connectivity index is 1.83. The van der Waals surface area contributed by atoms with Crippen LogP contribution >= 0.6 is 0 Å². The minimum absolute atomic E-state index is 0.400. The smallest absolute Gasteiger partial charge is 0.194 e. The molecule has 0 saturated carbocycles. The van der Waals surface area contributed by atoms with E-state index in [1.165, 1.54) is 12.8 Å². The summed E-state index contributed by atoms with van der Waals surface area (Å²) in [6.07, 6.45) is 5.46. The van der Waals surface area contributed by atoms with E-state index in [0.717, 1.165) is 44.4 Å². The van der Waals surface area contributed by atoms with Crippen molar-refractivity contribution in [1.29, 1.82) is 0 Å². The summed E-state index contributed by atoms with van der Waals surface area (Å²) in [6.45, 7) is 5.37. The molecular weight excluding hydrogens is 254 g/mol. The van der Waals surface area contributed by atoms with Crippen LogP contribution in [0.5, 0.6) is 0 Å². The van der Waals surface area contributed by atoms with Crippen molar-refractivity contribution in [3.63, 3.8) is 0 Å². The number of ether oxygens (including phenoxy) is 1.